The van der Waals surface area contributed by atoms with E-state index < -0.39 is 0 Å². The fourth-order valence-corrected chi connectivity index (χ4v) is 6.27. The molecule has 0 unspecified atom stereocenters. The van der Waals surface area contributed by atoms with Gasteiger partial charge in [0.25, 0.3) is 0 Å². The van der Waals surface area contributed by atoms with Gasteiger partial charge in [-0.1, -0.05) is 63.4 Å². The van der Waals surface area contributed by atoms with Crippen molar-refractivity contribution in [1.29, 1.82) is 0 Å². The van der Waals surface area contributed by atoms with E-state index in [2.05, 4.69) is 53.3 Å². The largest absolute Gasteiger partial charge is 0.247 e. The third kappa shape index (κ3) is 4.82. The molecule has 2 nitrogen and oxygen atoms in total. The van der Waals surface area contributed by atoms with E-state index in [9.17, 15) is 0 Å². The molecule has 118 valence electrons. The minimum atomic E-state index is 0.649. The van der Waals surface area contributed by atoms with Gasteiger partial charge in [0.05, 0.1) is 4.58 Å². The lowest BCUT2D eigenvalue weighted by Crippen LogP contribution is -2.31. The van der Waals surface area contributed by atoms with Gasteiger partial charge in [-0.2, -0.15) is 0 Å². The number of nitrogens with zero attached hydrogens (tertiary/aromatic N) is 2. The van der Waals surface area contributed by atoms with E-state index >= 15 is 0 Å². The molecule has 20 heavy (non-hydrogen) atoms. The molecular formula is C16H32N2S2. The van der Waals surface area contributed by atoms with Crippen molar-refractivity contribution < 1.29 is 0 Å². The van der Waals surface area contributed by atoms with Gasteiger partial charge in [-0.3, -0.25) is 0 Å². The molecule has 0 amide bonds. The molecule has 0 radical (unpaired) electrons. The Hall–Kier alpha value is 0.620. The molecule has 2 rings (SSSR count). The lowest BCUT2D eigenvalue weighted by molar-refractivity contribution is 0.367. The van der Waals surface area contributed by atoms with Crippen molar-refractivity contribution in [2.45, 2.75) is 88.8 Å². The second-order valence-electron chi connectivity index (χ2n) is 6.12. The lowest BCUT2D eigenvalue weighted by atomic mass is 10.2. The maximum atomic E-state index is 2.66. The molecule has 0 aromatic heterocycles. The zero-order valence-electron chi connectivity index (χ0n) is 13.5. The topological polar surface area (TPSA) is 6.48 Å². The monoisotopic (exact) mass is 316 g/mol. The predicted molar refractivity (Wildman–Crippen MR) is 93.9 cm³/mol. The maximum absolute atomic E-state index is 2.66. The van der Waals surface area contributed by atoms with Crippen LogP contribution in [0.5, 0.6) is 0 Å². The number of rotatable bonds is 8. The van der Waals surface area contributed by atoms with Crippen LogP contribution in [0, 0.1) is 0 Å². The van der Waals surface area contributed by atoms with E-state index in [1.54, 1.807) is 0 Å². The number of hydrogen-bond donors (Lipinski definition) is 0. The smallest absolute Gasteiger partial charge is 0.0768 e. The Morgan fingerprint density at radius 2 is 1.15 bits per heavy atom. The summed E-state index contributed by atoms with van der Waals surface area (Å²) < 4.78 is 5.97. The summed E-state index contributed by atoms with van der Waals surface area (Å²) in [5, 5.41) is 0. The third-order valence-electron chi connectivity index (χ3n) is 4.65. The molecule has 4 heteroatoms. The van der Waals surface area contributed by atoms with Crippen LogP contribution in [0.3, 0.4) is 0 Å². The standard InChI is InChI=1S/C16H32N2S2/c1-4-17(15-10-6-7-11-15)19-14(3)20-18(5-2)16-12-8-9-13-16/h14-16H,4-13H2,1-3H3. The first-order valence-electron chi connectivity index (χ1n) is 8.61. The Balaban J connectivity index is 1.78. The average molecular weight is 317 g/mol. The fraction of sp³-hybridized carbons (Fsp3) is 1.00. The quantitative estimate of drug-likeness (QED) is 0.450. The second-order valence-corrected chi connectivity index (χ2v) is 9.19. The van der Waals surface area contributed by atoms with Crippen molar-refractivity contribution in [1.82, 2.24) is 8.61 Å². The summed E-state index contributed by atoms with van der Waals surface area (Å²) >= 11 is 4.20. The highest BCUT2D eigenvalue weighted by Crippen LogP contribution is 2.37. The van der Waals surface area contributed by atoms with E-state index in [4.69, 9.17) is 0 Å². The molecule has 0 atom stereocenters. The molecular weight excluding hydrogens is 284 g/mol. The Labute approximate surface area is 134 Å². The molecule has 0 N–H and O–H groups in total. The van der Waals surface area contributed by atoms with Crippen molar-refractivity contribution in [2.75, 3.05) is 13.1 Å². The average Bonchev–Trinajstić information content (AvgIpc) is 3.14. The van der Waals surface area contributed by atoms with Crippen molar-refractivity contribution in [3.8, 4) is 0 Å². The maximum Gasteiger partial charge on any atom is 0.0768 e. The molecule has 0 saturated heterocycles. The van der Waals surface area contributed by atoms with Gasteiger partial charge in [0.2, 0.25) is 0 Å². The molecule has 0 aliphatic heterocycles. The van der Waals surface area contributed by atoms with Crippen LogP contribution in [-0.4, -0.2) is 38.4 Å². The van der Waals surface area contributed by atoms with Crippen LogP contribution in [0.2, 0.25) is 0 Å². The van der Waals surface area contributed by atoms with Gasteiger partial charge in [-0.25, -0.2) is 8.61 Å². The molecule has 0 spiro atoms. The zero-order valence-corrected chi connectivity index (χ0v) is 15.1. The summed E-state index contributed by atoms with van der Waals surface area (Å²) in [6.07, 6.45) is 11.4. The van der Waals surface area contributed by atoms with Crippen molar-refractivity contribution in [2.24, 2.45) is 0 Å². The summed E-state index contributed by atoms with van der Waals surface area (Å²) in [4.78, 5) is 0. The van der Waals surface area contributed by atoms with E-state index in [0.29, 0.717) is 4.58 Å². The summed E-state index contributed by atoms with van der Waals surface area (Å²) in [5.41, 5.74) is 0. The number of hydrogen-bond acceptors (Lipinski definition) is 4. The Morgan fingerprint density at radius 3 is 1.45 bits per heavy atom. The van der Waals surface area contributed by atoms with E-state index in [1.807, 2.05) is 0 Å². The van der Waals surface area contributed by atoms with Gasteiger partial charge in [-0.05, 0) is 32.6 Å². The van der Waals surface area contributed by atoms with Crippen molar-refractivity contribution in [3.63, 3.8) is 0 Å². The summed E-state index contributed by atoms with van der Waals surface area (Å²) in [6, 6.07) is 1.68. The molecule has 0 heterocycles. The molecule has 0 aromatic rings. The Bertz CT molecular complexity index is 237. The van der Waals surface area contributed by atoms with Crippen LogP contribution in [0.25, 0.3) is 0 Å². The highest BCUT2D eigenvalue weighted by molar-refractivity contribution is 8.14. The van der Waals surface area contributed by atoms with Crippen molar-refractivity contribution >= 4 is 23.9 Å². The summed E-state index contributed by atoms with van der Waals surface area (Å²) in [7, 11) is 0. The van der Waals surface area contributed by atoms with Gasteiger partial charge < -0.3 is 0 Å². The normalized spacial score (nSPS) is 21.9. The van der Waals surface area contributed by atoms with Crippen LogP contribution in [-0.2, 0) is 0 Å². The minimum absolute atomic E-state index is 0.649. The van der Waals surface area contributed by atoms with Crippen LogP contribution < -0.4 is 0 Å². The predicted octanol–water partition coefficient (Wildman–Crippen LogP) is 5.16. The lowest BCUT2D eigenvalue weighted by Gasteiger charge is -2.32. The molecule has 0 aromatic carbocycles. The zero-order chi connectivity index (χ0) is 14.4. The van der Waals surface area contributed by atoms with E-state index in [0.717, 1.165) is 12.1 Å². The first kappa shape index (κ1) is 17.0. The molecule has 2 aliphatic rings. The fourth-order valence-electron chi connectivity index (χ4n) is 3.62. The van der Waals surface area contributed by atoms with E-state index in [-0.39, 0.29) is 0 Å². The van der Waals surface area contributed by atoms with Crippen LogP contribution in [0.1, 0.15) is 72.1 Å². The first-order valence-corrected chi connectivity index (χ1v) is 10.3. The second kappa shape index (κ2) is 8.92. The SMILES string of the molecule is CCN(SC(C)SN(CC)C1CCCC1)C1CCCC1. The van der Waals surface area contributed by atoms with Crippen molar-refractivity contribution in [3.05, 3.63) is 0 Å². The van der Waals surface area contributed by atoms with Crippen LogP contribution >= 0.6 is 23.9 Å². The first-order chi connectivity index (χ1) is 9.74. The Kier molecular flexibility index (Phi) is 7.57. The minimum Gasteiger partial charge on any atom is -0.247 e. The van der Waals surface area contributed by atoms with Crippen LogP contribution in [0.4, 0.5) is 0 Å². The molecule has 0 bridgehead atoms. The third-order valence-corrected chi connectivity index (χ3v) is 7.42. The highest BCUT2D eigenvalue weighted by Gasteiger charge is 2.27. The van der Waals surface area contributed by atoms with Gasteiger partial charge in [0.1, 0.15) is 0 Å². The van der Waals surface area contributed by atoms with Gasteiger partial charge >= 0.3 is 0 Å². The summed E-state index contributed by atoms with van der Waals surface area (Å²) in [6.45, 7) is 9.41. The summed E-state index contributed by atoms with van der Waals surface area (Å²) in [5.74, 6) is 0. The van der Waals surface area contributed by atoms with E-state index in [1.165, 1.54) is 64.5 Å². The highest BCUT2D eigenvalue weighted by atomic mass is 32.2. The van der Waals surface area contributed by atoms with Gasteiger partial charge in [0.15, 0.2) is 0 Å². The molecule has 2 aliphatic carbocycles. The van der Waals surface area contributed by atoms with Gasteiger partial charge in [-0.15, -0.1) is 0 Å². The Morgan fingerprint density at radius 1 is 0.800 bits per heavy atom. The molecule has 2 saturated carbocycles. The van der Waals surface area contributed by atoms with Crippen LogP contribution in [0.15, 0.2) is 0 Å². The molecule has 2 fully saturated rings. The van der Waals surface area contributed by atoms with Gasteiger partial charge in [0, 0.05) is 25.2 Å².